The lowest BCUT2D eigenvalue weighted by Crippen LogP contribution is -2.63. The normalized spacial score (nSPS) is 24.0. The molecule has 0 spiro atoms. The van der Waals surface area contributed by atoms with Crippen LogP contribution in [-0.2, 0) is 9.59 Å². The van der Waals surface area contributed by atoms with E-state index in [0.717, 1.165) is 82.1 Å². The first-order valence-corrected chi connectivity index (χ1v) is 18.3. The first kappa shape index (κ1) is 35.0. The van der Waals surface area contributed by atoms with E-state index < -0.39 is 35.5 Å². The molecule has 4 fully saturated rings. The Morgan fingerprint density at radius 3 is 2.24 bits per heavy atom. The molecule has 2 N–H and O–H groups in total. The number of benzene rings is 1. The molecule has 5 amide bonds. The summed E-state index contributed by atoms with van der Waals surface area (Å²) in [6.07, 6.45) is 5.69. The Kier molecular flexibility index (Phi) is 9.14. The molecule has 0 radical (unpaired) electrons. The third kappa shape index (κ3) is 6.72. The number of hydrogen-bond acceptors (Lipinski definition) is 9. The smallest absolute Gasteiger partial charge is 0.262 e. The molecule has 13 heteroatoms. The number of aromatic nitrogens is 1. The van der Waals surface area contributed by atoms with E-state index in [-0.39, 0.29) is 46.7 Å². The lowest BCUT2D eigenvalue weighted by Gasteiger charge is -2.57. The average Bonchev–Trinajstić information content (AvgIpc) is 3.34. The number of fused-ring (bicyclic) bond motifs is 1. The first-order chi connectivity index (χ1) is 24.2. The number of anilines is 2. The molecular formula is C38H48FN7O5. The highest BCUT2D eigenvalue weighted by Gasteiger charge is 2.53. The van der Waals surface area contributed by atoms with Crippen molar-refractivity contribution in [3.63, 3.8) is 0 Å². The second kappa shape index (κ2) is 13.3. The number of halogens is 1. The number of carbonyl (C=O) groups is 5. The summed E-state index contributed by atoms with van der Waals surface area (Å²) in [7, 11) is 0. The van der Waals surface area contributed by atoms with Gasteiger partial charge in [0.05, 0.1) is 16.7 Å². The molecule has 1 saturated carbocycles. The molecule has 1 unspecified atom stereocenters. The van der Waals surface area contributed by atoms with Crippen molar-refractivity contribution in [2.75, 3.05) is 55.6 Å². The number of piperazine rings is 1. The lowest BCUT2D eigenvalue weighted by atomic mass is 9.52. The van der Waals surface area contributed by atoms with Gasteiger partial charge in [-0.15, -0.1) is 0 Å². The van der Waals surface area contributed by atoms with Crippen LogP contribution in [0.4, 0.5) is 15.9 Å². The Morgan fingerprint density at radius 1 is 0.902 bits per heavy atom. The van der Waals surface area contributed by atoms with Gasteiger partial charge in [0, 0.05) is 63.6 Å². The predicted octanol–water partition coefficient (Wildman–Crippen LogP) is 3.61. The fraction of sp³-hybridized carbons (Fsp3) is 0.579. The van der Waals surface area contributed by atoms with Crippen molar-refractivity contribution >= 4 is 41.0 Å². The summed E-state index contributed by atoms with van der Waals surface area (Å²) in [5.41, 5.74) is 1.71. The van der Waals surface area contributed by atoms with Crippen LogP contribution >= 0.6 is 0 Å². The number of amides is 5. The molecule has 12 nitrogen and oxygen atoms in total. The van der Waals surface area contributed by atoms with E-state index >= 15 is 4.39 Å². The Morgan fingerprint density at radius 2 is 1.59 bits per heavy atom. The zero-order valence-corrected chi connectivity index (χ0v) is 30.0. The highest BCUT2D eigenvalue weighted by atomic mass is 19.1. The Hall–Kier alpha value is -4.39. The number of pyridine rings is 1. The van der Waals surface area contributed by atoms with Crippen LogP contribution in [0.3, 0.4) is 0 Å². The molecular weight excluding hydrogens is 653 g/mol. The van der Waals surface area contributed by atoms with Crippen molar-refractivity contribution in [3.8, 4) is 0 Å². The van der Waals surface area contributed by atoms with Crippen molar-refractivity contribution < 1.29 is 28.4 Å². The largest absolute Gasteiger partial charge is 0.369 e. The summed E-state index contributed by atoms with van der Waals surface area (Å²) >= 11 is 0. The van der Waals surface area contributed by atoms with E-state index in [0.29, 0.717) is 17.3 Å². The van der Waals surface area contributed by atoms with E-state index in [1.54, 1.807) is 12.1 Å². The highest BCUT2D eigenvalue weighted by molar-refractivity contribution is 6.23. The van der Waals surface area contributed by atoms with E-state index in [2.05, 4.69) is 53.1 Å². The van der Waals surface area contributed by atoms with E-state index in [1.807, 2.05) is 11.0 Å². The summed E-state index contributed by atoms with van der Waals surface area (Å²) < 4.78 is 15.2. The van der Waals surface area contributed by atoms with Crippen molar-refractivity contribution in [1.82, 2.24) is 25.4 Å². The predicted molar refractivity (Wildman–Crippen MR) is 189 cm³/mol. The number of imide groups is 2. The van der Waals surface area contributed by atoms with Crippen molar-refractivity contribution in [1.29, 1.82) is 0 Å². The van der Waals surface area contributed by atoms with Crippen molar-refractivity contribution in [2.45, 2.75) is 78.3 Å². The minimum Gasteiger partial charge on any atom is -0.369 e. The fourth-order valence-corrected chi connectivity index (χ4v) is 9.38. The molecule has 5 aliphatic rings. The van der Waals surface area contributed by atoms with Gasteiger partial charge in [-0.1, -0.05) is 27.7 Å². The summed E-state index contributed by atoms with van der Waals surface area (Å²) in [6.45, 7) is 14.3. The Labute approximate surface area is 298 Å². The van der Waals surface area contributed by atoms with Crippen LogP contribution in [-0.4, -0.2) is 102 Å². The second-order valence-electron chi connectivity index (χ2n) is 16.3. The SMILES string of the molecule is CC1(C)CC(C)(C)C1NC(=O)c1cnc(N2CCC(CCN3CCN(c4ccc5c(c4)C(=O)N(C4CCC(=O)NC4=O)C5=O)CC3)CC2)c(F)c1. The van der Waals surface area contributed by atoms with Crippen LogP contribution in [0.15, 0.2) is 30.5 Å². The van der Waals surface area contributed by atoms with Crippen molar-refractivity contribution in [2.24, 2.45) is 16.7 Å². The number of rotatable bonds is 8. The van der Waals surface area contributed by atoms with E-state index in [9.17, 15) is 24.0 Å². The average molecular weight is 702 g/mol. The van der Waals surface area contributed by atoms with Gasteiger partial charge >= 0.3 is 0 Å². The van der Waals surface area contributed by atoms with Gasteiger partial charge in [-0.05, 0) is 79.7 Å². The van der Waals surface area contributed by atoms with E-state index in [1.165, 1.54) is 12.3 Å². The third-order valence-corrected chi connectivity index (χ3v) is 11.8. The molecule has 1 atom stereocenters. The fourth-order valence-electron chi connectivity index (χ4n) is 9.38. The van der Waals surface area contributed by atoms with Crippen LogP contribution in [0.1, 0.15) is 97.3 Å². The molecule has 2 aromatic rings. The summed E-state index contributed by atoms with van der Waals surface area (Å²) in [6, 6.07) is 5.64. The molecule has 4 aliphatic heterocycles. The van der Waals surface area contributed by atoms with Crippen LogP contribution in [0.5, 0.6) is 0 Å². The van der Waals surface area contributed by atoms with Gasteiger partial charge in [-0.3, -0.25) is 39.1 Å². The summed E-state index contributed by atoms with van der Waals surface area (Å²) in [4.78, 5) is 75.3. The second-order valence-corrected chi connectivity index (χ2v) is 16.3. The maximum absolute atomic E-state index is 15.2. The molecule has 0 bridgehead atoms. The van der Waals surface area contributed by atoms with Gasteiger partial charge in [0.15, 0.2) is 11.6 Å². The zero-order chi connectivity index (χ0) is 36.2. The van der Waals surface area contributed by atoms with Gasteiger partial charge in [0.1, 0.15) is 6.04 Å². The maximum atomic E-state index is 15.2. The maximum Gasteiger partial charge on any atom is 0.262 e. The number of nitrogens with zero attached hydrogens (tertiary/aromatic N) is 5. The molecule has 7 rings (SSSR count). The van der Waals surface area contributed by atoms with Crippen LogP contribution in [0, 0.1) is 22.6 Å². The first-order valence-electron chi connectivity index (χ1n) is 18.3. The number of carbonyl (C=O) groups excluding carboxylic acids is 5. The quantitative estimate of drug-likeness (QED) is 0.396. The highest BCUT2D eigenvalue weighted by Crippen LogP contribution is 2.53. The van der Waals surface area contributed by atoms with Gasteiger partial charge in [0.25, 0.3) is 17.7 Å². The van der Waals surface area contributed by atoms with E-state index in [4.69, 9.17) is 0 Å². The molecule has 3 saturated heterocycles. The topological polar surface area (TPSA) is 135 Å². The van der Waals surface area contributed by atoms with Gasteiger partial charge in [0.2, 0.25) is 11.8 Å². The zero-order valence-electron chi connectivity index (χ0n) is 30.0. The van der Waals surface area contributed by atoms with Crippen LogP contribution in [0.25, 0.3) is 0 Å². The summed E-state index contributed by atoms with van der Waals surface area (Å²) in [5, 5.41) is 5.35. The molecule has 5 heterocycles. The lowest BCUT2D eigenvalue weighted by molar-refractivity contribution is -0.136. The number of nitrogens with one attached hydrogen (secondary N) is 2. The van der Waals surface area contributed by atoms with Gasteiger partial charge < -0.3 is 15.1 Å². The number of hydrogen-bond donors (Lipinski definition) is 2. The minimum absolute atomic E-state index is 0.00523. The Bertz CT molecular complexity index is 1750. The molecule has 1 aliphatic carbocycles. The van der Waals surface area contributed by atoms with Crippen LogP contribution < -0.4 is 20.4 Å². The molecule has 51 heavy (non-hydrogen) atoms. The van der Waals surface area contributed by atoms with Crippen LogP contribution in [0.2, 0.25) is 0 Å². The van der Waals surface area contributed by atoms with Gasteiger partial charge in [-0.2, -0.15) is 0 Å². The van der Waals surface area contributed by atoms with Crippen molar-refractivity contribution in [3.05, 3.63) is 53.0 Å². The standard InChI is InChI=1S/C38H48FN7O5/c1-37(2)22-38(3,4)36(37)42-32(48)24-19-28(39)31(40-21-24)45-13-10-23(11-14-45)9-12-43-15-17-44(18-16-43)25-5-6-26-27(20-25)35(51)46(34(26)50)29-7-8-30(47)41-33(29)49/h5-6,19-21,23,29,36H,7-18,22H2,1-4H3,(H,42,48)(H,41,47,49). The summed E-state index contributed by atoms with van der Waals surface area (Å²) in [5.74, 6) is -1.89. The monoisotopic (exact) mass is 701 g/mol. The third-order valence-electron chi connectivity index (χ3n) is 11.8. The number of piperidine rings is 2. The molecule has 1 aromatic carbocycles. The molecule has 1 aromatic heterocycles. The molecule has 272 valence electrons. The minimum atomic E-state index is -0.976. The Balaban J connectivity index is 0.861. The van der Waals surface area contributed by atoms with Gasteiger partial charge in [-0.25, -0.2) is 9.37 Å².